The van der Waals surface area contributed by atoms with Crippen molar-refractivity contribution in [2.24, 2.45) is 0 Å². The number of thioether (sulfide) groups is 1. The molecule has 0 unspecified atom stereocenters. The highest BCUT2D eigenvalue weighted by molar-refractivity contribution is 9.10. The van der Waals surface area contributed by atoms with E-state index in [0.717, 1.165) is 32.2 Å². The summed E-state index contributed by atoms with van der Waals surface area (Å²) in [4.78, 5) is 17.2. The Labute approximate surface area is 161 Å². The Morgan fingerprint density at radius 2 is 2.08 bits per heavy atom. The molecule has 0 amide bonds. The van der Waals surface area contributed by atoms with E-state index in [2.05, 4.69) is 20.9 Å². The van der Waals surface area contributed by atoms with E-state index in [9.17, 15) is 4.79 Å². The molecular formula is C17H15BrN2O3S2. The topological polar surface area (TPSA) is 53.4 Å². The summed E-state index contributed by atoms with van der Waals surface area (Å²) in [6, 6.07) is 5.82. The molecule has 0 radical (unpaired) electrons. The molecule has 3 heterocycles. The lowest BCUT2D eigenvalue weighted by atomic mass is 10.2. The van der Waals surface area contributed by atoms with Crippen LogP contribution in [0.15, 0.2) is 38.0 Å². The summed E-state index contributed by atoms with van der Waals surface area (Å²) in [6.07, 6.45) is 0. The van der Waals surface area contributed by atoms with E-state index >= 15 is 0 Å². The molecule has 25 heavy (non-hydrogen) atoms. The Morgan fingerprint density at radius 1 is 1.32 bits per heavy atom. The number of hydrogen-bond acceptors (Lipinski definition) is 6. The van der Waals surface area contributed by atoms with Crippen molar-refractivity contribution in [3.05, 3.63) is 44.0 Å². The van der Waals surface area contributed by atoms with Gasteiger partial charge in [0.1, 0.15) is 17.9 Å². The Hall–Kier alpha value is -1.51. The minimum Gasteiger partial charge on any atom is -0.486 e. The summed E-state index contributed by atoms with van der Waals surface area (Å²) >= 11 is 6.59. The third-order valence-electron chi connectivity index (χ3n) is 3.92. The fourth-order valence-corrected chi connectivity index (χ4v) is 5.15. The number of benzene rings is 1. The van der Waals surface area contributed by atoms with E-state index < -0.39 is 0 Å². The van der Waals surface area contributed by atoms with E-state index in [1.54, 1.807) is 16.3 Å². The van der Waals surface area contributed by atoms with Gasteiger partial charge in [-0.1, -0.05) is 27.7 Å². The maximum Gasteiger partial charge on any atom is 0.272 e. The average molecular weight is 439 g/mol. The van der Waals surface area contributed by atoms with Crippen molar-refractivity contribution < 1.29 is 9.47 Å². The van der Waals surface area contributed by atoms with Gasteiger partial charge in [-0.2, -0.15) is 0 Å². The predicted molar refractivity (Wildman–Crippen MR) is 104 cm³/mol. The van der Waals surface area contributed by atoms with E-state index in [1.165, 1.54) is 11.3 Å². The molecule has 130 valence electrons. The van der Waals surface area contributed by atoms with Gasteiger partial charge in [0, 0.05) is 16.8 Å². The summed E-state index contributed by atoms with van der Waals surface area (Å²) in [5.41, 5.74) is 1.88. The van der Waals surface area contributed by atoms with Crippen molar-refractivity contribution >= 4 is 49.2 Å². The molecule has 4 rings (SSSR count). The van der Waals surface area contributed by atoms with Crippen LogP contribution in [-0.2, 0) is 12.3 Å². The standard InChI is InChI=1S/C17H15BrN2O3S2/c1-2-20-16(21)15-12(3-6-24-15)19-17(20)25-9-10-7-13-14(8-11(10)18)23-5-4-22-13/h3,6-8H,2,4-5,9H2,1H3. The normalized spacial score (nSPS) is 13.4. The highest BCUT2D eigenvalue weighted by Gasteiger charge is 2.16. The monoisotopic (exact) mass is 438 g/mol. The molecule has 1 aliphatic heterocycles. The van der Waals surface area contributed by atoms with Crippen LogP contribution in [0.25, 0.3) is 10.2 Å². The summed E-state index contributed by atoms with van der Waals surface area (Å²) in [6.45, 7) is 3.70. The SMILES string of the molecule is CCn1c(SCc2cc3c(cc2Br)OCCO3)nc2ccsc2c1=O. The Balaban J connectivity index is 1.65. The molecule has 0 saturated heterocycles. The largest absolute Gasteiger partial charge is 0.486 e. The second-order valence-corrected chi connectivity index (χ2v) is 8.17. The number of hydrogen-bond donors (Lipinski definition) is 0. The first kappa shape index (κ1) is 16.9. The number of nitrogens with zero attached hydrogens (tertiary/aromatic N) is 2. The maximum absolute atomic E-state index is 12.6. The van der Waals surface area contributed by atoms with Gasteiger partial charge < -0.3 is 9.47 Å². The van der Waals surface area contributed by atoms with Crippen molar-refractivity contribution in [2.75, 3.05) is 13.2 Å². The quantitative estimate of drug-likeness (QED) is 0.448. The Kier molecular flexibility index (Phi) is 4.75. The van der Waals surface area contributed by atoms with E-state index in [4.69, 9.17) is 9.47 Å². The first-order valence-electron chi connectivity index (χ1n) is 7.86. The fraction of sp³-hybridized carbons (Fsp3) is 0.294. The Morgan fingerprint density at radius 3 is 2.84 bits per heavy atom. The molecule has 8 heteroatoms. The van der Waals surface area contributed by atoms with Crippen LogP contribution < -0.4 is 15.0 Å². The van der Waals surface area contributed by atoms with Gasteiger partial charge in [-0.05, 0) is 36.1 Å². The second kappa shape index (κ2) is 7.01. The number of halogens is 1. The Bertz CT molecular complexity index is 999. The lowest BCUT2D eigenvalue weighted by Gasteiger charge is -2.20. The van der Waals surface area contributed by atoms with Gasteiger partial charge in [0.05, 0.1) is 5.52 Å². The summed E-state index contributed by atoms with van der Waals surface area (Å²) in [7, 11) is 0. The molecule has 1 aliphatic rings. The third-order valence-corrected chi connectivity index (χ3v) is 6.57. The van der Waals surface area contributed by atoms with Crippen molar-refractivity contribution in [3.8, 4) is 11.5 Å². The lowest BCUT2D eigenvalue weighted by Crippen LogP contribution is -2.21. The van der Waals surface area contributed by atoms with Crippen LogP contribution in [0.5, 0.6) is 11.5 Å². The molecule has 0 N–H and O–H groups in total. The predicted octanol–water partition coefficient (Wildman–Crippen LogP) is 4.30. The van der Waals surface area contributed by atoms with Crippen LogP contribution in [0, 0.1) is 0 Å². The maximum atomic E-state index is 12.6. The van der Waals surface area contributed by atoms with Crippen molar-refractivity contribution in [3.63, 3.8) is 0 Å². The number of aromatic nitrogens is 2. The molecule has 0 spiro atoms. The van der Waals surface area contributed by atoms with Crippen LogP contribution in [0.4, 0.5) is 0 Å². The number of ether oxygens (including phenoxy) is 2. The van der Waals surface area contributed by atoms with E-state index in [1.807, 2.05) is 30.5 Å². The number of rotatable bonds is 4. The second-order valence-electron chi connectivity index (χ2n) is 5.45. The van der Waals surface area contributed by atoms with Gasteiger partial charge in [-0.25, -0.2) is 4.98 Å². The molecule has 0 bridgehead atoms. The summed E-state index contributed by atoms with van der Waals surface area (Å²) < 4.78 is 14.7. The zero-order chi connectivity index (χ0) is 17.4. The highest BCUT2D eigenvalue weighted by atomic mass is 79.9. The van der Waals surface area contributed by atoms with Crippen LogP contribution in [-0.4, -0.2) is 22.8 Å². The van der Waals surface area contributed by atoms with Crippen molar-refractivity contribution in [1.29, 1.82) is 0 Å². The molecular weight excluding hydrogens is 424 g/mol. The fourth-order valence-electron chi connectivity index (χ4n) is 2.67. The van der Waals surface area contributed by atoms with Crippen LogP contribution >= 0.6 is 39.0 Å². The molecule has 2 aromatic heterocycles. The van der Waals surface area contributed by atoms with Gasteiger partial charge >= 0.3 is 0 Å². The van der Waals surface area contributed by atoms with Gasteiger partial charge in [0.2, 0.25) is 0 Å². The van der Waals surface area contributed by atoms with Gasteiger partial charge in [0.15, 0.2) is 16.7 Å². The molecule has 1 aromatic carbocycles. The van der Waals surface area contributed by atoms with Crippen LogP contribution in [0.3, 0.4) is 0 Å². The third kappa shape index (κ3) is 3.18. The van der Waals surface area contributed by atoms with Gasteiger partial charge in [-0.15, -0.1) is 11.3 Å². The molecule has 0 fully saturated rings. The molecule has 3 aromatic rings. The number of thiophene rings is 1. The van der Waals surface area contributed by atoms with Crippen molar-refractivity contribution in [1.82, 2.24) is 9.55 Å². The summed E-state index contributed by atoms with van der Waals surface area (Å²) in [5, 5.41) is 2.64. The minimum absolute atomic E-state index is 0.0336. The van der Waals surface area contributed by atoms with Gasteiger partial charge in [0.25, 0.3) is 5.56 Å². The zero-order valence-electron chi connectivity index (χ0n) is 13.5. The van der Waals surface area contributed by atoms with Crippen LogP contribution in [0.2, 0.25) is 0 Å². The molecule has 0 saturated carbocycles. The average Bonchev–Trinajstić information content (AvgIpc) is 3.09. The van der Waals surface area contributed by atoms with Crippen molar-refractivity contribution in [2.45, 2.75) is 24.4 Å². The first-order chi connectivity index (χ1) is 12.2. The minimum atomic E-state index is 0.0336. The van der Waals surface area contributed by atoms with E-state index in [0.29, 0.717) is 30.2 Å². The molecule has 0 aliphatic carbocycles. The van der Waals surface area contributed by atoms with Crippen LogP contribution in [0.1, 0.15) is 12.5 Å². The number of fused-ring (bicyclic) bond motifs is 2. The molecule has 0 atom stereocenters. The smallest absolute Gasteiger partial charge is 0.272 e. The first-order valence-corrected chi connectivity index (χ1v) is 10.5. The van der Waals surface area contributed by atoms with Gasteiger partial charge in [-0.3, -0.25) is 9.36 Å². The summed E-state index contributed by atoms with van der Waals surface area (Å²) in [5.74, 6) is 2.20. The molecule has 5 nitrogen and oxygen atoms in total. The highest BCUT2D eigenvalue weighted by Crippen LogP contribution is 2.37. The van der Waals surface area contributed by atoms with E-state index in [-0.39, 0.29) is 5.56 Å². The lowest BCUT2D eigenvalue weighted by molar-refractivity contribution is 0.171. The zero-order valence-corrected chi connectivity index (χ0v) is 16.7.